The lowest BCUT2D eigenvalue weighted by atomic mass is 10.1. The Hall–Kier alpha value is -3.10. The lowest BCUT2D eigenvalue weighted by Crippen LogP contribution is -2.06. The van der Waals surface area contributed by atoms with E-state index >= 15 is 0 Å². The summed E-state index contributed by atoms with van der Waals surface area (Å²) in [4.78, 5) is 11.0. The minimum absolute atomic E-state index is 0.193. The maximum atomic E-state index is 12.3. The van der Waals surface area contributed by atoms with E-state index in [1.807, 2.05) is 0 Å². The molecule has 1 N–H and O–H groups in total. The van der Waals surface area contributed by atoms with Crippen LogP contribution in [-0.4, -0.2) is 42.3 Å². The number of carboxylic acids is 1. The van der Waals surface area contributed by atoms with E-state index in [0.29, 0.717) is 17.9 Å². The maximum absolute atomic E-state index is 12.3. The molecule has 0 saturated heterocycles. The highest BCUT2D eigenvalue weighted by atomic mass is 19.3. The number of rotatable bonds is 6. The zero-order valence-corrected chi connectivity index (χ0v) is 12.4. The van der Waals surface area contributed by atoms with Gasteiger partial charge in [-0.15, -0.1) is 5.10 Å². The van der Waals surface area contributed by atoms with Crippen molar-refractivity contribution in [3.8, 4) is 11.4 Å². The fourth-order valence-electron chi connectivity index (χ4n) is 2.22. The first-order valence-corrected chi connectivity index (χ1v) is 7.05. The molecule has 3 rings (SSSR count). The van der Waals surface area contributed by atoms with Crippen LogP contribution in [0.3, 0.4) is 0 Å². The molecule has 1 aromatic carbocycles. The van der Waals surface area contributed by atoms with Crippen LogP contribution < -0.4 is 0 Å². The van der Waals surface area contributed by atoms with Crippen molar-refractivity contribution in [2.75, 3.05) is 0 Å². The molecule has 0 bridgehead atoms. The molecular formula is C15H13F2N5O2. The average Bonchev–Trinajstić information content (AvgIpc) is 3.16. The topological polar surface area (TPSA) is 85.8 Å². The van der Waals surface area contributed by atoms with Crippen molar-refractivity contribution in [1.82, 2.24) is 24.8 Å². The van der Waals surface area contributed by atoms with Crippen molar-refractivity contribution in [3.05, 3.63) is 53.9 Å². The fourth-order valence-corrected chi connectivity index (χ4v) is 2.22. The van der Waals surface area contributed by atoms with Crippen LogP contribution in [0.4, 0.5) is 8.78 Å². The van der Waals surface area contributed by atoms with Gasteiger partial charge in [0.15, 0.2) is 0 Å². The van der Waals surface area contributed by atoms with E-state index in [2.05, 4.69) is 15.4 Å². The van der Waals surface area contributed by atoms with Crippen LogP contribution in [0.1, 0.15) is 15.9 Å². The number of alkyl halides is 2. The first-order chi connectivity index (χ1) is 11.5. The van der Waals surface area contributed by atoms with Gasteiger partial charge >= 0.3 is 5.97 Å². The number of carboxylic acid groups (broad SMARTS) is 1. The molecule has 0 spiro atoms. The molecule has 0 saturated carbocycles. The van der Waals surface area contributed by atoms with Crippen LogP contribution in [0.25, 0.3) is 11.4 Å². The van der Waals surface area contributed by atoms with E-state index in [1.165, 1.54) is 16.9 Å². The predicted octanol–water partition coefficient (Wildman–Crippen LogP) is 2.15. The van der Waals surface area contributed by atoms with E-state index in [9.17, 15) is 13.6 Å². The van der Waals surface area contributed by atoms with Crippen LogP contribution in [0.2, 0.25) is 0 Å². The molecule has 24 heavy (non-hydrogen) atoms. The molecule has 3 aromatic rings. The molecule has 0 aliphatic carbocycles. The third-order valence-electron chi connectivity index (χ3n) is 3.29. The van der Waals surface area contributed by atoms with Gasteiger partial charge in [-0.2, -0.15) is 5.10 Å². The molecule has 0 amide bonds. The highest BCUT2D eigenvalue weighted by Crippen LogP contribution is 2.15. The second-order valence-corrected chi connectivity index (χ2v) is 5.12. The van der Waals surface area contributed by atoms with Crippen LogP contribution >= 0.6 is 0 Å². The Morgan fingerprint density at radius 2 is 2.04 bits per heavy atom. The van der Waals surface area contributed by atoms with Gasteiger partial charge in [0.05, 0.1) is 18.3 Å². The van der Waals surface area contributed by atoms with Gasteiger partial charge in [0.1, 0.15) is 17.9 Å². The number of carbonyl (C=O) groups is 1. The molecule has 0 aliphatic heterocycles. The highest BCUT2D eigenvalue weighted by Gasteiger charge is 2.11. The Morgan fingerprint density at radius 1 is 1.21 bits per heavy atom. The predicted molar refractivity (Wildman–Crippen MR) is 79.8 cm³/mol. The summed E-state index contributed by atoms with van der Waals surface area (Å²) in [5.74, 6) is -0.999. The highest BCUT2D eigenvalue weighted by molar-refractivity contribution is 5.87. The molecule has 2 aromatic heterocycles. The normalized spacial score (nSPS) is 11.1. The Morgan fingerprint density at radius 3 is 2.79 bits per heavy atom. The number of benzene rings is 1. The third-order valence-corrected chi connectivity index (χ3v) is 3.29. The lowest BCUT2D eigenvalue weighted by molar-refractivity contribution is 0.0696. The quantitative estimate of drug-likeness (QED) is 0.747. The molecule has 0 radical (unpaired) electrons. The van der Waals surface area contributed by atoms with Crippen molar-refractivity contribution in [2.24, 2.45) is 0 Å². The first kappa shape index (κ1) is 15.8. The zero-order valence-electron chi connectivity index (χ0n) is 12.4. The fraction of sp³-hybridized carbons (Fsp3) is 0.200. The van der Waals surface area contributed by atoms with Crippen LogP contribution in [0.5, 0.6) is 0 Å². The van der Waals surface area contributed by atoms with Crippen molar-refractivity contribution in [1.29, 1.82) is 0 Å². The van der Waals surface area contributed by atoms with Gasteiger partial charge in [0.2, 0.25) is 0 Å². The number of aromatic carboxylic acids is 1. The van der Waals surface area contributed by atoms with Crippen LogP contribution in [-0.2, 0) is 13.1 Å². The van der Waals surface area contributed by atoms with E-state index in [1.54, 1.807) is 30.5 Å². The monoisotopic (exact) mass is 333 g/mol. The van der Waals surface area contributed by atoms with E-state index < -0.39 is 18.9 Å². The van der Waals surface area contributed by atoms with Gasteiger partial charge in [-0.1, -0.05) is 17.3 Å². The summed E-state index contributed by atoms with van der Waals surface area (Å²) >= 11 is 0. The number of aromatic nitrogens is 5. The summed E-state index contributed by atoms with van der Waals surface area (Å²) in [7, 11) is 0. The average molecular weight is 333 g/mol. The van der Waals surface area contributed by atoms with Gasteiger partial charge in [0.25, 0.3) is 6.43 Å². The van der Waals surface area contributed by atoms with Gasteiger partial charge in [0, 0.05) is 6.20 Å². The van der Waals surface area contributed by atoms with E-state index in [0.717, 1.165) is 10.2 Å². The number of nitrogens with zero attached hydrogens (tertiary/aromatic N) is 5. The zero-order chi connectivity index (χ0) is 17.1. The van der Waals surface area contributed by atoms with Crippen molar-refractivity contribution in [3.63, 3.8) is 0 Å². The summed E-state index contributed by atoms with van der Waals surface area (Å²) in [5.41, 5.74) is 1.85. The van der Waals surface area contributed by atoms with Crippen LogP contribution in [0.15, 0.2) is 42.7 Å². The van der Waals surface area contributed by atoms with Crippen molar-refractivity contribution >= 4 is 5.97 Å². The molecule has 0 fully saturated rings. The molecule has 9 heteroatoms. The number of hydrogen-bond donors (Lipinski definition) is 1. The van der Waals surface area contributed by atoms with E-state index in [-0.39, 0.29) is 5.56 Å². The Balaban J connectivity index is 1.75. The van der Waals surface area contributed by atoms with Crippen molar-refractivity contribution < 1.29 is 18.7 Å². The van der Waals surface area contributed by atoms with Gasteiger partial charge in [-0.25, -0.2) is 18.3 Å². The SMILES string of the molecule is O=C(O)c1cccc(Cn2cc(-c3ccn(CC(F)F)n3)nn2)c1. The second-order valence-electron chi connectivity index (χ2n) is 5.12. The number of hydrogen-bond acceptors (Lipinski definition) is 4. The molecule has 124 valence electrons. The summed E-state index contributed by atoms with van der Waals surface area (Å²) in [6.07, 6.45) is 0.606. The molecule has 0 unspecified atom stereocenters. The molecule has 0 aliphatic rings. The summed E-state index contributed by atoms with van der Waals surface area (Å²) in [6.45, 7) is -0.137. The second kappa shape index (κ2) is 6.57. The standard InChI is InChI=1S/C15H13F2N5O2/c16-14(17)9-21-5-4-12(19-21)13-8-22(20-18-13)7-10-2-1-3-11(6-10)15(23)24/h1-6,8,14H,7,9H2,(H,23,24). The van der Waals surface area contributed by atoms with E-state index in [4.69, 9.17) is 5.11 Å². The van der Waals surface area contributed by atoms with Gasteiger partial charge in [-0.3, -0.25) is 4.68 Å². The first-order valence-electron chi connectivity index (χ1n) is 7.05. The Labute approximate surface area is 135 Å². The van der Waals surface area contributed by atoms with Gasteiger partial charge < -0.3 is 5.11 Å². The maximum Gasteiger partial charge on any atom is 0.335 e. The Bertz CT molecular complexity index is 859. The smallest absolute Gasteiger partial charge is 0.335 e. The molecule has 7 nitrogen and oxygen atoms in total. The number of halogens is 2. The third kappa shape index (κ3) is 3.62. The minimum Gasteiger partial charge on any atom is -0.478 e. The molecule has 2 heterocycles. The van der Waals surface area contributed by atoms with Crippen molar-refractivity contribution in [2.45, 2.75) is 19.5 Å². The summed E-state index contributed by atoms with van der Waals surface area (Å²) < 4.78 is 27.3. The minimum atomic E-state index is -2.48. The summed E-state index contributed by atoms with van der Waals surface area (Å²) in [5, 5.41) is 20.9. The van der Waals surface area contributed by atoms with Crippen LogP contribution in [0, 0.1) is 0 Å². The van der Waals surface area contributed by atoms with Gasteiger partial charge in [-0.05, 0) is 23.8 Å². The lowest BCUT2D eigenvalue weighted by Gasteiger charge is -2.02. The molecular weight excluding hydrogens is 320 g/mol. The molecule has 0 atom stereocenters. The Kier molecular flexibility index (Phi) is 4.32. The largest absolute Gasteiger partial charge is 0.478 e. The summed E-state index contributed by atoms with van der Waals surface area (Å²) in [6, 6.07) is 8.09.